The van der Waals surface area contributed by atoms with Crippen molar-refractivity contribution in [1.82, 2.24) is 10.3 Å². The van der Waals surface area contributed by atoms with Crippen molar-refractivity contribution < 1.29 is 23.1 Å². The summed E-state index contributed by atoms with van der Waals surface area (Å²) in [4.78, 5) is 25.2. The average molecular weight is 441 g/mol. The number of hydrogen-bond donors (Lipinski definition) is 1. The summed E-state index contributed by atoms with van der Waals surface area (Å²) < 4.78 is 32.5. The molecule has 1 fully saturated rings. The molecule has 168 valence electrons. The highest BCUT2D eigenvalue weighted by molar-refractivity contribution is 6.39. The molecule has 0 spiro atoms. The fourth-order valence-electron chi connectivity index (χ4n) is 4.15. The zero-order valence-corrected chi connectivity index (χ0v) is 17.7. The van der Waals surface area contributed by atoms with Crippen molar-refractivity contribution in [3.05, 3.63) is 71.3 Å². The molecular formula is C24H25F2N3O3. The second-order valence-electron chi connectivity index (χ2n) is 8.21. The topological polar surface area (TPSA) is 71.0 Å². The molecule has 2 aromatic rings. The number of carbonyl (C=O) groups excluding carboxylic acids is 2. The van der Waals surface area contributed by atoms with E-state index in [1.165, 1.54) is 29.3 Å². The van der Waals surface area contributed by atoms with Gasteiger partial charge in [-0.1, -0.05) is 24.3 Å². The lowest BCUT2D eigenvalue weighted by Crippen LogP contribution is -2.47. The summed E-state index contributed by atoms with van der Waals surface area (Å²) in [5, 5.41) is 8.47. The molecule has 2 aliphatic heterocycles. The average Bonchev–Trinajstić information content (AvgIpc) is 2.81. The molecule has 6 nitrogen and oxygen atoms in total. The fraction of sp³-hybridized carbons (Fsp3) is 0.375. The van der Waals surface area contributed by atoms with Crippen LogP contribution in [-0.2, 0) is 26.3 Å². The quantitative estimate of drug-likeness (QED) is 0.748. The van der Waals surface area contributed by atoms with Gasteiger partial charge in [-0.25, -0.2) is 13.8 Å². The highest BCUT2D eigenvalue weighted by Crippen LogP contribution is 2.34. The van der Waals surface area contributed by atoms with E-state index in [0.717, 1.165) is 11.1 Å². The van der Waals surface area contributed by atoms with Gasteiger partial charge in [0, 0.05) is 38.0 Å². The van der Waals surface area contributed by atoms with Crippen LogP contribution in [0.2, 0.25) is 0 Å². The molecule has 0 atom stereocenters. The third-order valence-corrected chi connectivity index (χ3v) is 6.09. The van der Waals surface area contributed by atoms with E-state index in [1.54, 1.807) is 18.2 Å². The van der Waals surface area contributed by atoms with Gasteiger partial charge in [-0.15, -0.1) is 0 Å². The monoisotopic (exact) mass is 441 g/mol. The number of nitrogens with one attached hydrogen (secondary N) is 1. The van der Waals surface area contributed by atoms with Crippen LogP contribution in [0, 0.1) is 11.6 Å². The summed E-state index contributed by atoms with van der Waals surface area (Å²) in [5.74, 6) is -1.20. The third kappa shape index (κ3) is 5.02. The lowest BCUT2D eigenvalue weighted by molar-refractivity contribution is -0.132. The van der Waals surface area contributed by atoms with E-state index >= 15 is 0 Å². The highest BCUT2D eigenvalue weighted by Gasteiger charge is 2.36. The molecule has 2 amide bonds. The molecule has 0 radical (unpaired) electrons. The first-order valence-corrected chi connectivity index (χ1v) is 10.7. The van der Waals surface area contributed by atoms with Crippen molar-refractivity contribution in [2.45, 2.75) is 37.6 Å². The highest BCUT2D eigenvalue weighted by atomic mass is 19.1. The molecule has 0 bridgehead atoms. The van der Waals surface area contributed by atoms with E-state index in [4.69, 9.17) is 4.74 Å². The van der Waals surface area contributed by atoms with Gasteiger partial charge in [0.2, 0.25) is 5.91 Å². The van der Waals surface area contributed by atoms with Crippen molar-refractivity contribution in [2.75, 3.05) is 19.8 Å². The molecule has 2 heterocycles. The predicted octanol–water partition coefficient (Wildman–Crippen LogP) is 3.31. The molecule has 32 heavy (non-hydrogen) atoms. The lowest BCUT2D eigenvalue weighted by atomic mass is 9.74. The second-order valence-corrected chi connectivity index (χ2v) is 8.21. The molecule has 0 saturated carbocycles. The van der Waals surface area contributed by atoms with Crippen LogP contribution in [-0.4, -0.2) is 42.3 Å². The zero-order valence-electron chi connectivity index (χ0n) is 17.7. The summed E-state index contributed by atoms with van der Waals surface area (Å²) in [6, 6.07) is 12.3. The number of hydrogen-bond acceptors (Lipinski definition) is 4. The lowest BCUT2D eigenvalue weighted by Gasteiger charge is -2.38. The SMILES string of the molecule is O=C(NCC1(c2cccc(F)c2)CCOCC1)C1=NN(Cc2ccc(F)cc2)C(=O)CC1. The number of ether oxygens (including phenoxy) is 1. The van der Waals surface area contributed by atoms with Crippen molar-refractivity contribution >= 4 is 17.5 Å². The van der Waals surface area contributed by atoms with Crippen LogP contribution in [0.3, 0.4) is 0 Å². The molecular weight excluding hydrogens is 416 g/mol. The Balaban J connectivity index is 1.46. The minimum absolute atomic E-state index is 0.167. The Morgan fingerprint density at radius 1 is 1.06 bits per heavy atom. The van der Waals surface area contributed by atoms with Crippen LogP contribution in [0.25, 0.3) is 0 Å². The van der Waals surface area contributed by atoms with Crippen LogP contribution in [0.1, 0.15) is 36.8 Å². The molecule has 2 aliphatic rings. The zero-order chi connectivity index (χ0) is 22.6. The van der Waals surface area contributed by atoms with Crippen molar-refractivity contribution in [2.24, 2.45) is 5.10 Å². The van der Waals surface area contributed by atoms with Crippen LogP contribution < -0.4 is 5.32 Å². The molecule has 0 aliphatic carbocycles. The van der Waals surface area contributed by atoms with E-state index in [-0.39, 0.29) is 48.5 Å². The number of rotatable bonds is 6. The number of halogens is 2. The number of amides is 2. The fourth-order valence-corrected chi connectivity index (χ4v) is 4.15. The van der Waals surface area contributed by atoms with Gasteiger partial charge in [-0.05, 0) is 48.2 Å². The van der Waals surface area contributed by atoms with Crippen molar-refractivity contribution in [3.8, 4) is 0 Å². The first-order chi connectivity index (χ1) is 15.4. The molecule has 0 unspecified atom stereocenters. The standard InChI is InChI=1S/C24H25F2N3O3/c25-19-6-4-17(5-7-19)15-29-22(30)9-8-21(28-29)23(31)27-16-24(10-12-32-13-11-24)18-2-1-3-20(26)14-18/h1-7,14H,8-13,15-16H2,(H,27,31). The Hall–Kier alpha value is -3.13. The minimum atomic E-state index is -0.422. The minimum Gasteiger partial charge on any atom is -0.381 e. The Morgan fingerprint density at radius 3 is 2.53 bits per heavy atom. The van der Waals surface area contributed by atoms with Gasteiger partial charge in [0.1, 0.15) is 17.3 Å². The summed E-state index contributed by atoms with van der Waals surface area (Å²) in [6.45, 7) is 1.56. The van der Waals surface area contributed by atoms with Crippen molar-refractivity contribution in [1.29, 1.82) is 0 Å². The number of nitrogens with zero attached hydrogens (tertiary/aromatic N) is 2. The number of benzene rings is 2. The third-order valence-electron chi connectivity index (χ3n) is 6.09. The van der Waals surface area contributed by atoms with Gasteiger partial charge < -0.3 is 10.1 Å². The first kappa shape index (κ1) is 22.1. The van der Waals surface area contributed by atoms with Crippen LogP contribution in [0.4, 0.5) is 8.78 Å². The smallest absolute Gasteiger partial charge is 0.267 e. The van der Waals surface area contributed by atoms with Crippen LogP contribution in [0.5, 0.6) is 0 Å². The maximum atomic E-state index is 13.9. The Labute approximate surface area is 185 Å². The predicted molar refractivity (Wildman–Crippen MR) is 115 cm³/mol. The molecule has 0 aromatic heterocycles. The van der Waals surface area contributed by atoms with Gasteiger partial charge in [0.05, 0.1) is 6.54 Å². The van der Waals surface area contributed by atoms with E-state index in [2.05, 4.69) is 10.4 Å². The summed E-state index contributed by atoms with van der Waals surface area (Å²) in [7, 11) is 0. The van der Waals surface area contributed by atoms with E-state index in [1.807, 2.05) is 6.07 Å². The first-order valence-electron chi connectivity index (χ1n) is 10.7. The van der Waals surface area contributed by atoms with E-state index < -0.39 is 5.41 Å². The van der Waals surface area contributed by atoms with Gasteiger partial charge in [-0.3, -0.25) is 9.59 Å². The summed E-state index contributed by atoms with van der Waals surface area (Å²) >= 11 is 0. The van der Waals surface area contributed by atoms with Gasteiger partial charge in [0.15, 0.2) is 0 Å². The molecule has 8 heteroatoms. The number of carbonyl (C=O) groups is 2. The molecule has 4 rings (SSSR count). The number of hydrazone groups is 1. The van der Waals surface area contributed by atoms with Crippen LogP contribution >= 0.6 is 0 Å². The van der Waals surface area contributed by atoms with Gasteiger partial charge in [-0.2, -0.15) is 5.10 Å². The molecule has 1 N–H and O–H groups in total. The Morgan fingerprint density at radius 2 is 1.81 bits per heavy atom. The van der Waals surface area contributed by atoms with E-state index in [0.29, 0.717) is 32.6 Å². The molecule has 1 saturated heterocycles. The van der Waals surface area contributed by atoms with Crippen LogP contribution in [0.15, 0.2) is 53.6 Å². The Kier molecular flexibility index (Phi) is 6.60. The van der Waals surface area contributed by atoms with Gasteiger partial charge in [0.25, 0.3) is 5.91 Å². The summed E-state index contributed by atoms with van der Waals surface area (Å²) in [6.07, 6.45) is 1.76. The summed E-state index contributed by atoms with van der Waals surface area (Å²) in [5.41, 5.74) is 1.40. The maximum absolute atomic E-state index is 13.9. The second kappa shape index (κ2) is 9.56. The largest absolute Gasteiger partial charge is 0.381 e. The molecule has 2 aromatic carbocycles. The van der Waals surface area contributed by atoms with E-state index in [9.17, 15) is 18.4 Å². The maximum Gasteiger partial charge on any atom is 0.267 e. The van der Waals surface area contributed by atoms with Crippen molar-refractivity contribution in [3.63, 3.8) is 0 Å². The van der Waals surface area contributed by atoms with Gasteiger partial charge >= 0.3 is 0 Å². The Bertz CT molecular complexity index is 1020. The normalized spacial score (nSPS) is 18.2.